The number of nitrogen functional groups attached to an aromatic ring is 1. The van der Waals surface area contributed by atoms with Crippen LogP contribution < -0.4 is 25.8 Å². The molecule has 0 saturated carbocycles. The molecule has 0 aliphatic carbocycles. The Kier molecular flexibility index (Phi) is 7.49. The second-order valence-electron chi connectivity index (χ2n) is 7.52. The minimum atomic E-state index is -0.384. The van der Waals surface area contributed by atoms with Crippen molar-refractivity contribution < 1.29 is 28.6 Å². The van der Waals surface area contributed by atoms with Crippen LogP contribution in [0.1, 0.15) is 20.9 Å². The number of benzene rings is 3. The molecule has 3 aromatic carbocycles. The van der Waals surface area contributed by atoms with E-state index in [9.17, 15) is 9.59 Å². The maximum absolute atomic E-state index is 12.4. The minimum Gasteiger partial charge on any atom is -0.492 e. The molecule has 0 saturated heterocycles. The predicted octanol–water partition coefficient (Wildman–Crippen LogP) is 3.45. The normalized spacial score (nSPS) is 10.7. The van der Waals surface area contributed by atoms with Gasteiger partial charge in [0.2, 0.25) is 0 Å². The van der Waals surface area contributed by atoms with Gasteiger partial charge in [0.25, 0.3) is 11.8 Å². The number of ether oxygens (including phenoxy) is 2. The van der Waals surface area contributed by atoms with E-state index < -0.39 is 0 Å². The van der Waals surface area contributed by atoms with Gasteiger partial charge < -0.3 is 35.4 Å². The van der Waals surface area contributed by atoms with Crippen LogP contribution in [0.5, 0.6) is 11.5 Å². The number of nitrogens with one attached hydrogen (secondary N) is 2. The summed E-state index contributed by atoms with van der Waals surface area (Å²) >= 11 is 0. The lowest BCUT2D eigenvalue weighted by Gasteiger charge is -2.09. The second kappa shape index (κ2) is 11.1. The number of anilines is 2. The third kappa shape index (κ3) is 5.90. The number of amides is 2. The highest BCUT2D eigenvalue weighted by atomic mass is 16.5. The van der Waals surface area contributed by atoms with Crippen molar-refractivity contribution in [3.8, 4) is 11.5 Å². The van der Waals surface area contributed by atoms with Gasteiger partial charge in [0.05, 0.1) is 29.9 Å². The summed E-state index contributed by atoms with van der Waals surface area (Å²) in [6, 6.07) is 20.5. The first-order valence-electron chi connectivity index (χ1n) is 11.0. The van der Waals surface area contributed by atoms with Gasteiger partial charge in [-0.2, -0.15) is 0 Å². The Bertz CT molecular complexity index is 1320. The molecule has 0 radical (unpaired) electrons. The second-order valence-corrected chi connectivity index (χ2v) is 7.52. The summed E-state index contributed by atoms with van der Waals surface area (Å²) in [5.74, 6) is 0.577. The molecule has 1 heterocycles. The monoisotopic (exact) mass is 475 g/mol. The van der Waals surface area contributed by atoms with Gasteiger partial charge in [-0.25, -0.2) is 0 Å². The summed E-state index contributed by atoms with van der Waals surface area (Å²) in [4.78, 5) is 24.9. The molecule has 0 atom stereocenters. The number of rotatable bonds is 10. The molecule has 0 fully saturated rings. The summed E-state index contributed by atoms with van der Waals surface area (Å²) in [5.41, 5.74) is 7.87. The van der Waals surface area contributed by atoms with Crippen LogP contribution in [0.15, 0.2) is 77.2 Å². The zero-order valence-electron chi connectivity index (χ0n) is 18.8. The van der Waals surface area contributed by atoms with Crippen LogP contribution in [-0.4, -0.2) is 43.3 Å². The fourth-order valence-corrected chi connectivity index (χ4v) is 3.36. The average Bonchev–Trinajstić information content (AvgIpc) is 3.32. The molecule has 4 rings (SSSR count). The molecule has 0 bridgehead atoms. The van der Waals surface area contributed by atoms with E-state index in [1.807, 2.05) is 0 Å². The number of aliphatic hydroxyl groups is 1. The molecule has 0 spiro atoms. The van der Waals surface area contributed by atoms with Crippen molar-refractivity contribution in [3.63, 3.8) is 0 Å². The van der Waals surface area contributed by atoms with Crippen molar-refractivity contribution in [2.45, 2.75) is 0 Å². The van der Waals surface area contributed by atoms with Crippen LogP contribution in [0.25, 0.3) is 11.0 Å². The van der Waals surface area contributed by atoms with Gasteiger partial charge in [-0.1, -0.05) is 18.2 Å². The Balaban J connectivity index is 1.26. The highest BCUT2D eigenvalue weighted by Gasteiger charge is 2.15. The summed E-state index contributed by atoms with van der Waals surface area (Å²) in [6.07, 6.45) is 0. The number of para-hydroxylation sites is 2. The number of furan rings is 1. The molecule has 9 nitrogen and oxygen atoms in total. The van der Waals surface area contributed by atoms with E-state index in [0.717, 1.165) is 0 Å². The van der Waals surface area contributed by atoms with Crippen molar-refractivity contribution in [2.24, 2.45) is 0 Å². The van der Waals surface area contributed by atoms with E-state index in [2.05, 4.69) is 10.6 Å². The summed E-state index contributed by atoms with van der Waals surface area (Å²) in [6.45, 7) is 0.513. The SMILES string of the molecule is Nc1ccccc1NC(=O)c1ccc(OCCNC(=O)c2cc3c(OCCO)cccc3o2)cc1. The van der Waals surface area contributed by atoms with Crippen LogP contribution in [0.4, 0.5) is 11.4 Å². The van der Waals surface area contributed by atoms with E-state index in [0.29, 0.717) is 39.4 Å². The zero-order valence-corrected chi connectivity index (χ0v) is 18.8. The van der Waals surface area contributed by atoms with Crippen molar-refractivity contribution in [2.75, 3.05) is 37.4 Å². The Hall–Kier alpha value is -4.50. The Morgan fingerprint density at radius 1 is 0.914 bits per heavy atom. The number of carbonyl (C=O) groups is 2. The molecular weight excluding hydrogens is 450 g/mol. The number of aliphatic hydroxyl groups excluding tert-OH is 1. The number of hydrogen-bond acceptors (Lipinski definition) is 7. The van der Waals surface area contributed by atoms with Crippen LogP contribution >= 0.6 is 0 Å². The largest absolute Gasteiger partial charge is 0.492 e. The van der Waals surface area contributed by atoms with Gasteiger partial charge in [0.1, 0.15) is 30.3 Å². The fraction of sp³-hybridized carbons (Fsp3) is 0.154. The molecule has 2 amide bonds. The Morgan fingerprint density at radius 2 is 1.71 bits per heavy atom. The molecule has 0 unspecified atom stereocenters. The first-order valence-corrected chi connectivity index (χ1v) is 11.0. The molecule has 1 aromatic heterocycles. The standard InChI is InChI=1S/C26H25N3O6/c27-20-4-1-2-5-21(20)29-25(31)17-8-10-18(11-9-17)33-14-12-28-26(32)24-16-19-22(34-15-13-30)6-3-7-23(19)35-24/h1-11,16,30H,12-15,27H2,(H,28,32)(H,29,31). The molecule has 0 aliphatic heterocycles. The highest BCUT2D eigenvalue weighted by Crippen LogP contribution is 2.28. The van der Waals surface area contributed by atoms with Crippen LogP contribution in [0.3, 0.4) is 0 Å². The summed E-state index contributed by atoms with van der Waals surface area (Å²) in [7, 11) is 0. The smallest absolute Gasteiger partial charge is 0.287 e. The van der Waals surface area contributed by atoms with Crippen LogP contribution in [-0.2, 0) is 0 Å². The Morgan fingerprint density at radius 3 is 2.49 bits per heavy atom. The van der Waals surface area contributed by atoms with Gasteiger partial charge in [-0.05, 0) is 48.5 Å². The van der Waals surface area contributed by atoms with E-state index >= 15 is 0 Å². The highest BCUT2D eigenvalue weighted by molar-refractivity contribution is 6.05. The molecule has 180 valence electrons. The van der Waals surface area contributed by atoms with Crippen molar-refractivity contribution in [3.05, 3.63) is 84.1 Å². The molecule has 35 heavy (non-hydrogen) atoms. The first-order chi connectivity index (χ1) is 17.0. The van der Waals surface area contributed by atoms with Crippen molar-refractivity contribution in [1.29, 1.82) is 0 Å². The van der Waals surface area contributed by atoms with Crippen molar-refractivity contribution in [1.82, 2.24) is 5.32 Å². The lowest BCUT2D eigenvalue weighted by Crippen LogP contribution is -2.27. The fourth-order valence-electron chi connectivity index (χ4n) is 3.36. The topological polar surface area (TPSA) is 136 Å². The zero-order chi connectivity index (χ0) is 24.6. The molecule has 0 aliphatic rings. The average molecular weight is 476 g/mol. The molecule has 9 heteroatoms. The van der Waals surface area contributed by atoms with Gasteiger partial charge in [-0.15, -0.1) is 0 Å². The number of carbonyl (C=O) groups excluding carboxylic acids is 2. The lowest BCUT2D eigenvalue weighted by molar-refractivity contribution is 0.0920. The van der Waals surface area contributed by atoms with Gasteiger partial charge in [-0.3, -0.25) is 9.59 Å². The van der Waals surface area contributed by atoms with E-state index in [4.69, 9.17) is 24.7 Å². The molecule has 5 N–H and O–H groups in total. The third-order valence-electron chi connectivity index (χ3n) is 5.08. The summed E-state index contributed by atoms with van der Waals surface area (Å²) < 4.78 is 16.7. The Labute approximate surface area is 201 Å². The van der Waals surface area contributed by atoms with Crippen LogP contribution in [0, 0.1) is 0 Å². The van der Waals surface area contributed by atoms with Crippen LogP contribution in [0.2, 0.25) is 0 Å². The first kappa shape index (κ1) is 23.7. The van der Waals surface area contributed by atoms with Gasteiger partial charge in [0, 0.05) is 11.6 Å². The number of fused-ring (bicyclic) bond motifs is 1. The lowest BCUT2D eigenvalue weighted by atomic mass is 10.2. The van der Waals surface area contributed by atoms with Crippen molar-refractivity contribution >= 4 is 34.2 Å². The number of hydrogen-bond donors (Lipinski definition) is 4. The molecule has 4 aromatic rings. The van der Waals surface area contributed by atoms with E-state index in [1.54, 1.807) is 72.8 Å². The van der Waals surface area contributed by atoms with E-state index in [-0.39, 0.29) is 43.9 Å². The maximum Gasteiger partial charge on any atom is 0.287 e. The summed E-state index contributed by atoms with van der Waals surface area (Å²) in [5, 5.41) is 15.1. The van der Waals surface area contributed by atoms with E-state index in [1.165, 1.54) is 0 Å². The number of nitrogens with two attached hydrogens (primary N) is 1. The van der Waals surface area contributed by atoms with Gasteiger partial charge >= 0.3 is 0 Å². The third-order valence-corrected chi connectivity index (χ3v) is 5.08. The molecular formula is C26H25N3O6. The van der Waals surface area contributed by atoms with Gasteiger partial charge in [0.15, 0.2) is 5.76 Å². The maximum atomic E-state index is 12.4. The predicted molar refractivity (Wildman–Crippen MR) is 132 cm³/mol. The quantitative estimate of drug-likeness (QED) is 0.204. The minimum absolute atomic E-state index is 0.111.